The number of rotatable bonds is 3. The summed E-state index contributed by atoms with van der Waals surface area (Å²) in [5.41, 5.74) is 4.45. The summed E-state index contributed by atoms with van der Waals surface area (Å²) in [7, 11) is 0. The predicted molar refractivity (Wildman–Crippen MR) is 82.8 cm³/mol. The van der Waals surface area contributed by atoms with Crippen molar-refractivity contribution < 1.29 is 0 Å². The van der Waals surface area contributed by atoms with Crippen molar-refractivity contribution in [1.29, 1.82) is 0 Å². The maximum absolute atomic E-state index is 4.88. The molecule has 0 spiro atoms. The van der Waals surface area contributed by atoms with Crippen LogP contribution in [-0.4, -0.2) is 37.5 Å². The average molecular weight is 296 g/mol. The van der Waals surface area contributed by atoms with Crippen molar-refractivity contribution in [2.75, 3.05) is 11.4 Å². The molecule has 2 aliphatic carbocycles. The minimum absolute atomic E-state index is 0.550. The molecule has 1 atom stereocenters. The molecule has 3 heterocycles. The molecule has 1 saturated heterocycles. The first-order chi connectivity index (χ1) is 10.8. The van der Waals surface area contributed by atoms with Crippen LogP contribution in [0.25, 0.3) is 11.4 Å². The van der Waals surface area contributed by atoms with Crippen molar-refractivity contribution in [2.24, 2.45) is 0 Å². The molecule has 2 fully saturated rings. The molecule has 5 rings (SSSR count). The van der Waals surface area contributed by atoms with E-state index in [4.69, 9.17) is 9.97 Å². The van der Waals surface area contributed by atoms with E-state index in [0.717, 1.165) is 36.7 Å². The number of aromatic nitrogens is 5. The fourth-order valence-electron chi connectivity index (χ4n) is 3.48. The predicted octanol–water partition coefficient (Wildman–Crippen LogP) is 2.16. The van der Waals surface area contributed by atoms with Gasteiger partial charge in [0.1, 0.15) is 11.4 Å². The first-order valence-electron chi connectivity index (χ1n) is 8.38. The summed E-state index contributed by atoms with van der Waals surface area (Å²) in [6.45, 7) is 3.30. The topological polar surface area (TPSA) is 59.7 Å². The fraction of sp³-hybridized carbons (Fsp3) is 0.625. The molecule has 6 heteroatoms. The first-order valence-corrected chi connectivity index (χ1v) is 8.38. The SMILES string of the molecule is C[C@H]1CCN1c1nc2c(c(-c3cn(C4CC4)nn3)n1)CCC2. The Kier molecular flexibility index (Phi) is 2.57. The second-order valence-electron chi connectivity index (χ2n) is 6.80. The number of anilines is 1. The van der Waals surface area contributed by atoms with Gasteiger partial charge >= 0.3 is 0 Å². The Balaban J connectivity index is 1.60. The summed E-state index contributed by atoms with van der Waals surface area (Å²) < 4.78 is 2.00. The van der Waals surface area contributed by atoms with E-state index in [2.05, 4.69) is 28.3 Å². The summed E-state index contributed by atoms with van der Waals surface area (Å²) in [6.07, 6.45) is 9.05. The molecule has 0 unspecified atom stereocenters. The van der Waals surface area contributed by atoms with E-state index in [1.807, 2.05) is 4.68 Å². The summed E-state index contributed by atoms with van der Waals surface area (Å²) in [5, 5.41) is 8.69. The van der Waals surface area contributed by atoms with Gasteiger partial charge in [-0.25, -0.2) is 14.6 Å². The van der Waals surface area contributed by atoms with Gasteiger partial charge in [-0.2, -0.15) is 0 Å². The van der Waals surface area contributed by atoms with E-state index in [-0.39, 0.29) is 0 Å². The van der Waals surface area contributed by atoms with Gasteiger partial charge in [-0.1, -0.05) is 5.21 Å². The van der Waals surface area contributed by atoms with Crippen LogP contribution in [-0.2, 0) is 12.8 Å². The highest BCUT2D eigenvalue weighted by atomic mass is 15.4. The van der Waals surface area contributed by atoms with E-state index in [0.29, 0.717) is 12.1 Å². The lowest BCUT2D eigenvalue weighted by atomic mass is 10.1. The van der Waals surface area contributed by atoms with Crippen LogP contribution < -0.4 is 4.90 Å². The third kappa shape index (κ3) is 1.86. The Bertz CT molecular complexity index is 732. The number of aryl methyl sites for hydroxylation is 1. The lowest BCUT2D eigenvalue weighted by molar-refractivity contribution is 0.470. The maximum Gasteiger partial charge on any atom is 0.226 e. The van der Waals surface area contributed by atoms with Crippen LogP contribution in [0.4, 0.5) is 5.95 Å². The van der Waals surface area contributed by atoms with Gasteiger partial charge in [0.05, 0.1) is 12.2 Å². The second-order valence-corrected chi connectivity index (χ2v) is 6.80. The second kappa shape index (κ2) is 4.51. The zero-order chi connectivity index (χ0) is 14.7. The van der Waals surface area contributed by atoms with Gasteiger partial charge in [-0.3, -0.25) is 0 Å². The molecule has 2 aromatic rings. The number of hydrogen-bond donors (Lipinski definition) is 0. The summed E-state index contributed by atoms with van der Waals surface area (Å²) >= 11 is 0. The minimum Gasteiger partial charge on any atom is -0.338 e. The molecule has 114 valence electrons. The zero-order valence-corrected chi connectivity index (χ0v) is 12.9. The molecule has 0 N–H and O–H groups in total. The highest BCUT2D eigenvalue weighted by Gasteiger charge is 2.30. The van der Waals surface area contributed by atoms with Crippen LogP contribution in [0.15, 0.2) is 6.20 Å². The molecular formula is C16H20N6. The summed E-state index contributed by atoms with van der Waals surface area (Å²) in [6, 6.07) is 1.11. The average Bonchev–Trinajstić information content (AvgIpc) is 3.06. The van der Waals surface area contributed by atoms with Gasteiger partial charge in [-0.05, 0) is 45.4 Å². The van der Waals surface area contributed by atoms with Crippen molar-refractivity contribution in [2.45, 2.75) is 57.5 Å². The van der Waals surface area contributed by atoms with Gasteiger partial charge in [0.2, 0.25) is 5.95 Å². The molecule has 0 aromatic carbocycles. The van der Waals surface area contributed by atoms with E-state index in [1.165, 1.54) is 36.9 Å². The van der Waals surface area contributed by atoms with E-state index >= 15 is 0 Å². The monoisotopic (exact) mass is 296 g/mol. The molecule has 0 bridgehead atoms. The highest BCUT2D eigenvalue weighted by Crippen LogP contribution is 2.36. The molecule has 6 nitrogen and oxygen atoms in total. The Morgan fingerprint density at radius 3 is 2.77 bits per heavy atom. The van der Waals surface area contributed by atoms with Gasteiger partial charge < -0.3 is 4.90 Å². The third-order valence-electron chi connectivity index (χ3n) is 5.17. The zero-order valence-electron chi connectivity index (χ0n) is 12.9. The first kappa shape index (κ1) is 12.6. The fourth-order valence-corrected chi connectivity index (χ4v) is 3.48. The molecule has 22 heavy (non-hydrogen) atoms. The maximum atomic E-state index is 4.88. The molecular weight excluding hydrogens is 276 g/mol. The summed E-state index contributed by atoms with van der Waals surface area (Å²) in [5.74, 6) is 0.885. The van der Waals surface area contributed by atoms with Gasteiger partial charge in [0.25, 0.3) is 0 Å². The van der Waals surface area contributed by atoms with Crippen LogP contribution in [0.3, 0.4) is 0 Å². The number of nitrogens with zero attached hydrogens (tertiary/aromatic N) is 6. The molecule has 0 radical (unpaired) electrons. The quantitative estimate of drug-likeness (QED) is 0.868. The third-order valence-corrected chi connectivity index (χ3v) is 5.17. The smallest absolute Gasteiger partial charge is 0.226 e. The van der Waals surface area contributed by atoms with Crippen molar-refractivity contribution >= 4 is 5.95 Å². The van der Waals surface area contributed by atoms with Crippen molar-refractivity contribution in [1.82, 2.24) is 25.0 Å². The lowest BCUT2D eigenvalue weighted by Gasteiger charge is -2.39. The van der Waals surface area contributed by atoms with Gasteiger partial charge in [0, 0.05) is 23.8 Å². The van der Waals surface area contributed by atoms with Crippen molar-refractivity contribution in [3.8, 4) is 11.4 Å². The van der Waals surface area contributed by atoms with Crippen LogP contribution in [0.5, 0.6) is 0 Å². The normalized spacial score (nSPS) is 23.5. The standard InChI is InChI=1S/C16H20N6/c1-10-7-8-21(10)16-17-13-4-2-3-12(13)15(18-16)14-9-22(20-19-14)11-5-6-11/h9-11H,2-8H2,1H3/t10-/m0/s1. The van der Waals surface area contributed by atoms with E-state index < -0.39 is 0 Å². The van der Waals surface area contributed by atoms with Crippen molar-refractivity contribution in [3.05, 3.63) is 17.5 Å². The van der Waals surface area contributed by atoms with Crippen LogP contribution in [0.2, 0.25) is 0 Å². The molecule has 0 amide bonds. The number of hydrogen-bond acceptors (Lipinski definition) is 5. The minimum atomic E-state index is 0.550. The molecule has 2 aromatic heterocycles. The highest BCUT2D eigenvalue weighted by molar-refractivity contribution is 5.62. The van der Waals surface area contributed by atoms with Gasteiger partial charge in [0.15, 0.2) is 0 Å². The molecule has 3 aliphatic rings. The lowest BCUT2D eigenvalue weighted by Crippen LogP contribution is -2.46. The van der Waals surface area contributed by atoms with Crippen LogP contribution in [0, 0.1) is 0 Å². The van der Waals surface area contributed by atoms with E-state index in [9.17, 15) is 0 Å². The number of fused-ring (bicyclic) bond motifs is 1. The molecule has 1 saturated carbocycles. The van der Waals surface area contributed by atoms with Crippen molar-refractivity contribution in [3.63, 3.8) is 0 Å². The van der Waals surface area contributed by atoms with Gasteiger partial charge in [-0.15, -0.1) is 5.10 Å². The van der Waals surface area contributed by atoms with Crippen LogP contribution in [0.1, 0.15) is 49.9 Å². The Morgan fingerprint density at radius 1 is 1.14 bits per heavy atom. The Labute approximate surface area is 129 Å². The van der Waals surface area contributed by atoms with Crippen LogP contribution >= 0.6 is 0 Å². The summed E-state index contributed by atoms with van der Waals surface area (Å²) in [4.78, 5) is 12.0. The largest absolute Gasteiger partial charge is 0.338 e. The Morgan fingerprint density at radius 2 is 2.05 bits per heavy atom. The van der Waals surface area contributed by atoms with E-state index in [1.54, 1.807) is 0 Å². The molecule has 1 aliphatic heterocycles. The Hall–Kier alpha value is -1.98.